The summed E-state index contributed by atoms with van der Waals surface area (Å²) in [6.45, 7) is 12.9. The van der Waals surface area contributed by atoms with Crippen molar-refractivity contribution in [2.45, 2.75) is 91.7 Å². The summed E-state index contributed by atoms with van der Waals surface area (Å²) in [4.78, 5) is 55.6. The van der Waals surface area contributed by atoms with Crippen LogP contribution in [0.3, 0.4) is 0 Å². The van der Waals surface area contributed by atoms with Crippen molar-refractivity contribution in [3.05, 3.63) is 35.9 Å². The molecule has 1 atom stereocenters. The van der Waals surface area contributed by atoms with Crippen LogP contribution in [0, 0.1) is 0 Å². The van der Waals surface area contributed by atoms with E-state index in [2.05, 4.69) is 22.3 Å². The highest BCUT2D eigenvalue weighted by molar-refractivity contribution is 5.80. The number of hydrazine groups is 1. The molecule has 1 aliphatic rings. The van der Waals surface area contributed by atoms with Crippen LogP contribution in [0.5, 0.6) is 0 Å². The van der Waals surface area contributed by atoms with Crippen LogP contribution in [-0.2, 0) is 35.1 Å². The Morgan fingerprint density at radius 1 is 1.05 bits per heavy atom. The summed E-state index contributed by atoms with van der Waals surface area (Å²) in [7, 11) is 1.65. The predicted octanol–water partition coefficient (Wildman–Crippen LogP) is 2.26. The van der Waals surface area contributed by atoms with E-state index in [1.54, 1.807) is 34.7 Å². The van der Waals surface area contributed by atoms with Gasteiger partial charge in [0, 0.05) is 32.9 Å². The Kier molecular flexibility index (Phi) is 27.1. The second-order valence-electron chi connectivity index (χ2n) is 9.06. The van der Waals surface area contributed by atoms with Gasteiger partial charge in [-0.25, -0.2) is 0 Å². The second-order valence-corrected chi connectivity index (χ2v) is 9.06. The van der Waals surface area contributed by atoms with E-state index < -0.39 is 11.6 Å². The Hall–Kier alpha value is -3.31. The zero-order valence-electron chi connectivity index (χ0n) is 24.8. The lowest BCUT2D eigenvalue weighted by Crippen LogP contribution is -2.37. The number of nitrogens with two attached hydrogens (primary N) is 2. The van der Waals surface area contributed by atoms with Crippen LogP contribution in [-0.4, -0.2) is 67.2 Å². The van der Waals surface area contributed by atoms with Crippen LogP contribution in [0.2, 0.25) is 0 Å². The highest BCUT2D eigenvalue weighted by Gasteiger charge is 2.18. The first-order chi connectivity index (χ1) is 18.4. The number of rotatable bonds is 8. The Balaban J connectivity index is -0.000000660. The number of hydrogen-bond donors (Lipinski definition) is 4. The molecule has 1 heterocycles. The average Bonchev–Trinajstić information content (AvgIpc) is 3.43. The van der Waals surface area contributed by atoms with Gasteiger partial charge in [-0.3, -0.25) is 30.4 Å². The fourth-order valence-electron chi connectivity index (χ4n) is 3.05. The first-order valence-electron chi connectivity index (χ1n) is 13.2. The maximum atomic E-state index is 11.9. The van der Waals surface area contributed by atoms with Crippen LogP contribution < -0.4 is 22.3 Å². The van der Waals surface area contributed by atoms with Gasteiger partial charge in [-0.05, 0) is 59.1 Å². The van der Waals surface area contributed by atoms with Gasteiger partial charge >= 0.3 is 5.97 Å². The second kappa shape index (κ2) is 26.3. The monoisotopic (exact) mass is 553 g/mol. The third-order valence-corrected chi connectivity index (χ3v) is 4.63. The molecule has 11 heteroatoms. The van der Waals surface area contributed by atoms with Gasteiger partial charge < -0.3 is 25.5 Å². The molecule has 224 valence electrons. The summed E-state index contributed by atoms with van der Waals surface area (Å²) in [5, 5.41) is 2.64. The van der Waals surface area contributed by atoms with Crippen molar-refractivity contribution >= 4 is 30.5 Å². The van der Waals surface area contributed by atoms with E-state index >= 15 is 0 Å². The molecule has 1 aromatic carbocycles. The van der Waals surface area contributed by atoms with E-state index in [4.69, 9.17) is 9.53 Å². The number of ether oxygens (including phenoxy) is 1. The summed E-state index contributed by atoms with van der Waals surface area (Å²) in [6, 6.07) is 9.00. The van der Waals surface area contributed by atoms with Crippen LogP contribution in [0.1, 0.15) is 79.2 Å². The molecule has 39 heavy (non-hydrogen) atoms. The lowest BCUT2D eigenvalue weighted by molar-refractivity contribution is -0.155. The molecule has 3 amide bonds. The summed E-state index contributed by atoms with van der Waals surface area (Å²) in [5.41, 5.74) is 6.94. The molecular weight excluding hydrogens is 502 g/mol. The minimum absolute atomic E-state index is 0.0969. The van der Waals surface area contributed by atoms with Crippen molar-refractivity contribution in [2.75, 3.05) is 20.1 Å². The summed E-state index contributed by atoms with van der Waals surface area (Å²) < 4.78 is 5.18. The van der Waals surface area contributed by atoms with Gasteiger partial charge in [0.05, 0.1) is 6.04 Å². The number of likely N-dealkylation sites (tertiary alicyclic amines) is 1. The SMILES string of the molecule is CC.CC(=O)N1CCCC1.CC(C)(C)OC(=O)CCC(C=O)NC(=O)CCc1ccccc1.CNN.NC=O. The summed E-state index contributed by atoms with van der Waals surface area (Å²) in [5.74, 6) is 4.25. The zero-order chi connectivity index (χ0) is 30.7. The van der Waals surface area contributed by atoms with Gasteiger partial charge in [-0.1, -0.05) is 44.2 Å². The summed E-state index contributed by atoms with van der Waals surface area (Å²) >= 11 is 0. The Labute approximate surface area is 234 Å². The number of nitrogens with one attached hydrogen (secondary N) is 2. The Bertz CT molecular complexity index is 778. The molecule has 1 aromatic rings. The standard InChI is InChI=1S/C18H25NO4.C6H11NO.C2H6.CH6N2.CH3NO/c1-18(2,3)23-17(22)12-10-15(13-20)19-16(21)11-9-14-7-5-4-6-8-14;1-6(8)7-4-2-3-5-7;1-2;1-3-2;2-1-3/h4-8,13,15H,9-12H2,1-3H3,(H,19,21);2-5H2,1H3;1-2H3;3H,2H2,1H3;1H,(H2,2,3). The maximum Gasteiger partial charge on any atom is 0.306 e. The molecular formula is C28H51N5O6. The minimum Gasteiger partial charge on any atom is -0.460 e. The van der Waals surface area contributed by atoms with E-state index in [1.807, 2.05) is 49.1 Å². The molecule has 11 nitrogen and oxygen atoms in total. The smallest absolute Gasteiger partial charge is 0.306 e. The number of hydrogen-bond acceptors (Lipinski definition) is 8. The number of aldehydes is 1. The lowest BCUT2D eigenvalue weighted by Gasteiger charge is -2.20. The minimum atomic E-state index is -0.661. The average molecular weight is 554 g/mol. The number of carbonyl (C=O) groups excluding carboxylic acids is 5. The molecule has 0 aliphatic carbocycles. The highest BCUT2D eigenvalue weighted by atomic mass is 16.6. The van der Waals surface area contributed by atoms with E-state index in [1.165, 1.54) is 12.8 Å². The van der Waals surface area contributed by atoms with Gasteiger partial charge in [-0.15, -0.1) is 0 Å². The molecule has 1 fully saturated rings. The Morgan fingerprint density at radius 2 is 1.54 bits per heavy atom. The first kappa shape index (κ1) is 40.2. The number of primary amides is 1. The first-order valence-corrected chi connectivity index (χ1v) is 13.2. The van der Waals surface area contributed by atoms with Crippen molar-refractivity contribution in [1.82, 2.24) is 15.6 Å². The fourth-order valence-corrected chi connectivity index (χ4v) is 3.05. The Morgan fingerprint density at radius 3 is 1.92 bits per heavy atom. The van der Waals surface area contributed by atoms with E-state index in [0.717, 1.165) is 18.7 Å². The van der Waals surface area contributed by atoms with Gasteiger partial charge in [0.25, 0.3) is 0 Å². The van der Waals surface area contributed by atoms with Gasteiger partial charge in [0.1, 0.15) is 11.9 Å². The molecule has 0 aromatic heterocycles. The van der Waals surface area contributed by atoms with Crippen LogP contribution in [0.15, 0.2) is 30.3 Å². The number of esters is 1. The van der Waals surface area contributed by atoms with E-state index in [0.29, 0.717) is 19.1 Å². The third-order valence-electron chi connectivity index (χ3n) is 4.63. The third kappa shape index (κ3) is 27.5. The van der Waals surface area contributed by atoms with Gasteiger partial charge in [0.15, 0.2) is 0 Å². The van der Waals surface area contributed by atoms with Crippen molar-refractivity contribution in [3.8, 4) is 0 Å². The molecule has 0 bridgehead atoms. The van der Waals surface area contributed by atoms with Crippen molar-refractivity contribution in [1.29, 1.82) is 0 Å². The molecule has 0 spiro atoms. The van der Waals surface area contributed by atoms with Crippen LogP contribution >= 0.6 is 0 Å². The number of nitrogens with zero attached hydrogens (tertiary/aromatic N) is 1. The summed E-state index contributed by atoms with van der Waals surface area (Å²) in [6.07, 6.45) is 4.56. The normalized spacial score (nSPS) is 12.2. The topological polar surface area (TPSA) is 174 Å². The molecule has 0 saturated carbocycles. The predicted molar refractivity (Wildman–Crippen MR) is 154 cm³/mol. The fraction of sp³-hybridized carbons (Fsp3) is 0.607. The molecule has 1 saturated heterocycles. The van der Waals surface area contributed by atoms with E-state index in [-0.39, 0.29) is 37.0 Å². The highest BCUT2D eigenvalue weighted by Crippen LogP contribution is 2.10. The number of aryl methyl sites for hydroxylation is 1. The van der Waals surface area contributed by atoms with Crippen molar-refractivity contribution in [3.63, 3.8) is 0 Å². The molecule has 6 N–H and O–H groups in total. The van der Waals surface area contributed by atoms with Gasteiger partial charge in [-0.2, -0.15) is 0 Å². The van der Waals surface area contributed by atoms with E-state index in [9.17, 15) is 19.2 Å². The molecule has 1 unspecified atom stereocenters. The molecule has 0 radical (unpaired) electrons. The van der Waals surface area contributed by atoms with Crippen molar-refractivity contribution in [2.24, 2.45) is 11.6 Å². The number of benzene rings is 1. The largest absolute Gasteiger partial charge is 0.460 e. The van der Waals surface area contributed by atoms with Gasteiger partial charge in [0.2, 0.25) is 18.2 Å². The zero-order valence-corrected chi connectivity index (χ0v) is 24.8. The lowest BCUT2D eigenvalue weighted by atomic mass is 10.1. The maximum absolute atomic E-state index is 11.9. The number of carbonyl (C=O) groups is 5. The molecule has 2 rings (SSSR count). The number of amides is 3. The van der Waals surface area contributed by atoms with Crippen LogP contribution in [0.4, 0.5) is 0 Å². The van der Waals surface area contributed by atoms with Crippen molar-refractivity contribution < 1.29 is 28.7 Å². The van der Waals surface area contributed by atoms with Crippen LogP contribution in [0.25, 0.3) is 0 Å². The molecule has 1 aliphatic heterocycles. The quantitative estimate of drug-likeness (QED) is 0.164.